The number of pyridine rings is 1. The number of halogens is 2. The molecule has 0 aliphatic carbocycles. The number of anilines is 1. The maximum atomic E-state index is 5.99. The lowest BCUT2D eigenvalue weighted by Crippen LogP contribution is -2.24. The minimum Gasteiger partial charge on any atom is -0.382 e. The lowest BCUT2D eigenvalue weighted by Gasteiger charge is -2.22. The van der Waals surface area contributed by atoms with Gasteiger partial charge in [0.05, 0.1) is 12.3 Å². The number of aromatic nitrogens is 1. The van der Waals surface area contributed by atoms with Crippen LogP contribution in [0.2, 0.25) is 5.15 Å². The number of nitrogens with zero attached hydrogens (tertiary/aromatic N) is 1. The van der Waals surface area contributed by atoms with Gasteiger partial charge in [-0.2, -0.15) is 0 Å². The molecular weight excluding hydrogens is 291 g/mol. The molecule has 1 atom stereocenters. The molecule has 1 unspecified atom stereocenters. The Morgan fingerprint density at radius 2 is 2.50 bits per heavy atom. The molecule has 3 nitrogen and oxygen atoms in total. The van der Waals surface area contributed by atoms with Crippen molar-refractivity contribution in [2.75, 3.05) is 25.1 Å². The average Bonchev–Trinajstić information content (AvgIpc) is 2.32. The Morgan fingerprint density at radius 3 is 3.25 bits per heavy atom. The second-order valence-electron chi connectivity index (χ2n) is 3.96. The van der Waals surface area contributed by atoms with Crippen LogP contribution in [0.5, 0.6) is 0 Å². The van der Waals surface area contributed by atoms with Gasteiger partial charge in [0.2, 0.25) is 0 Å². The van der Waals surface area contributed by atoms with Gasteiger partial charge < -0.3 is 10.1 Å². The molecule has 0 aromatic carbocycles. The highest BCUT2D eigenvalue weighted by molar-refractivity contribution is 9.10. The second-order valence-corrected chi connectivity index (χ2v) is 5.23. The lowest BCUT2D eigenvalue weighted by molar-refractivity contribution is 0.0595. The van der Waals surface area contributed by atoms with Crippen molar-refractivity contribution in [1.29, 1.82) is 0 Å². The monoisotopic (exact) mass is 304 g/mol. The smallest absolute Gasteiger partial charge is 0.152 e. The SMILES string of the molecule is Clc1ncc(Br)cc1NCC1CCCOC1. The van der Waals surface area contributed by atoms with E-state index in [1.807, 2.05) is 6.07 Å². The van der Waals surface area contributed by atoms with Crippen LogP contribution in [-0.2, 0) is 4.74 Å². The predicted octanol–water partition coefficient (Wildman–Crippen LogP) is 3.34. The van der Waals surface area contributed by atoms with Crippen LogP contribution >= 0.6 is 27.5 Å². The predicted molar refractivity (Wildman–Crippen MR) is 69.0 cm³/mol. The van der Waals surface area contributed by atoms with Crippen LogP contribution in [-0.4, -0.2) is 24.7 Å². The number of ether oxygens (including phenoxy) is 1. The standard InChI is InChI=1S/C11H14BrClN2O/c12-9-4-10(11(13)15-6-9)14-5-8-2-1-3-16-7-8/h4,6,8,14H,1-3,5,7H2. The van der Waals surface area contributed by atoms with E-state index in [0.29, 0.717) is 11.1 Å². The van der Waals surface area contributed by atoms with Gasteiger partial charge in [-0.25, -0.2) is 4.98 Å². The molecule has 16 heavy (non-hydrogen) atoms. The number of nitrogens with one attached hydrogen (secondary N) is 1. The van der Waals surface area contributed by atoms with Crippen LogP contribution in [0.25, 0.3) is 0 Å². The van der Waals surface area contributed by atoms with Crippen molar-refractivity contribution in [3.8, 4) is 0 Å². The van der Waals surface area contributed by atoms with E-state index in [9.17, 15) is 0 Å². The Labute approximate surface area is 109 Å². The van der Waals surface area contributed by atoms with Crippen molar-refractivity contribution in [1.82, 2.24) is 4.98 Å². The Kier molecular flexibility index (Phi) is 4.44. The highest BCUT2D eigenvalue weighted by atomic mass is 79.9. The fourth-order valence-electron chi connectivity index (χ4n) is 1.77. The van der Waals surface area contributed by atoms with Crippen molar-refractivity contribution in [2.24, 2.45) is 5.92 Å². The van der Waals surface area contributed by atoms with E-state index in [4.69, 9.17) is 16.3 Å². The number of hydrogen-bond acceptors (Lipinski definition) is 3. The molecule has 0 spiro atoms. The minimum absolute atomic E-state index is 0.514. The zero-order chi connectivity index (χ0) is 11.4. The van der Waals surface area contributed by atoms with Crippen LogP contribution in [0.3, 0.4) is 0 Å². The maximum absolute atomic E-state index is 5.99. The largest absolute Gasteiger partial charge is 0.382 e. The summed E-state index contributed by atoms with van der Waals surface area (Å²) in [6.07, 6.45) is 4.06. The quantitative estimate of drug-likeness (QED) is 0.870. The molecule has 1 aliphatic rings. The first-order chi connectivity index (χ1) is 7.75. The first kappa shape index (κ1) is 12.1. The summed E-state index contributed by atoms with van der Waals surface area (Å²) in [5.74, 6) is 0.573. The van der Waals surface area contributed by atoms with Gasteiger partial charge in [-0.3, -0.25) is 0 Å². The topological polar surface area (TPSA) is 34.2 Å². The first-order valence-electron chi connectivity index (χ1n) is 5.38. The molecule has 1 N–H and O–H groups in total. The highest BCUT2D eigenvalue weighted by Gasteiger charge is 2.14. The van der Waals surface area contributed by atoms with Crippen LogP contribution < -0.4 is 5.32 Å². The molecule has 88 valence electrons. The lowest BCUT2D eigenvalue weighted by atomic mass is 10.0. The molecular formula is C11H14BrClN2O. The summed E-state index contributed by atoms with van der Waals surface area (Å²) < 4.78 is 6.36. The molecule has 1 aliphatic heterocycles. The van der Waals surface area contributed by atoms with Gasteiger partial charge in [-0.1, -0.05) is 11.6 Å². The van der Waals surface area contributed by atoms with E-state index in [0.717, 1.165) is 36.3 Å². The molecule has 0 amide bonds. The molecule has 1 aromatic rings. The Morgan fingerprint density at radius 1 is 1.62 bits per heavy atom. The molecule has 0 bridgehead atoms. The summed E-state index contributed by atoms with van der Waals surface area (Å²) in [6.45, 7) is 2.62. The van der Waals surface area contributed by atoms with Gasteiger partial charge in [-0.15, -0.1) is 0 Å². The molecule has 2 rings (SSSR count). The second kappa shape index (κ2) is 5.84. The summed E-state index contributed by atoms with van der Waals surface area (Å²) in [5.41, 5.74) is 0.876. The molecule has 0 radical (unpaired) electrons. The third-order valence-corrected chi connectivity index (χ3v) is 3.38. The van der Waals surface area contributed by atoms with Gasteiger partial charge in [-0.05, 0) is 40.8 Å². The third-order valence-electron chi connectivity index (χ3n) is 2.64. The van der Waals surface area contributed by atoms with E-state index in [2.05, 4.69) is 26.2 Å². The minimum atomic E-state index is 0.514. The van der Waals surface area contributed by atoms with Crippen molar-refractivity contribution in [3.05, 3.63) is 21.9 Å². The van der Waals surface area contributed by atoms with Gasteiger partial charge in [0, 0.05) is 23.8 Å². The summed E-state index contributed by atoms with van der Waals surface area (Å²) in [6, 6.07) is 1.94. The Hall–Kier alpha value is -0.320. The van der Waals surface area contributed by atoms with Gasteiger partial charge in [0.15, 0.2) is 5.15 Å². The first-order valence-corrected chi connectivity index (χ1v) is 6.55. The average molecular weight is 306 g/mol. The Balaban J connectivity index is 1.90. The van der Waals surface area contributed by atoms with Crippen LogP contribution in [0.15, 0.2) is 16.7 Å². The summed E-state index contributed by atoms with van der Waals surface area (Å²) >= 11 is 9.36. The summed E-state index contributed by atoms with van der Waals surface area (Å²) in [5, 5.41) is 3.83. The van der Waals surface area contributed by atoms with Gasteiger partial charge in [0.1, 0.15) is 0 Å². The molecule has 2 heterocycles. The zero-order valence-corrected chi connectivity index (χ0v) is 11.2. The van der Waals surface area contributed by atoms with Crippen molar-refractivity contribution < 1.29 is 4.74 Å². The highest BCUT2D eigenvalue weighted by Crippen LogP contribution is 2.24. The Bertz CT molecular complexity index is 356. The molecule has 0 saturated carbocycles. The van der Waals surface area contributed by atoms with Crippen LogP contribution in [0, 0.1) is 5.92 Å². The molecule has 5 heteroatoms. The number of rotatable bonds is 3. The van der Waals surface area contributed by atoms with Gasteiger partial charge >= 0.3 is 0 Å². The van der Waals surface area contributed by atoms with Gasteiger partial charge in [0.25, 0.3) is 0 Å². The van der Waals surface area contributed by atoms with Crippen molar-refractivity contribution >= 4 is 33.2 Å². The van der Waals surface area contributed by atoms with Crippen LogP contribution in [0.1, 0.15) is 12.8 Å². The molecule has 1 fully saturated rings. The van der Waals surface area contributed by atoms with E-state index < -0.39 is 0 Å². The summed E-state index contributed by atoms with van der Waals surface area (Å²) in [7, 11) is 0. The molecule has 1 aromatic heterocycles. The normalized spacial score (nSPS) is 20.8. The maximum Gasteiger partial charge on any atom is 0.152 e. The zero-order valence-electron chi connectivity index (χ0n) is 8.88. The number of hydrogen-bond donors (Lipinski definition) is 1. The van der Waals surface area contributed by atoms with E-state index >= 15 is 0 Å². The fraction of sp³-hybridized carbons (Fsp3) is 0.545. The van der Waals surface area contributed by atoms with Crippen molar-refractivity contribution in [3.63, 3.8) is 0 Å². The summed E-state index contributed by atoms with van der Waals surface area (Å²) in [4.78, 5) is 4.07. The molecule has 1 saturated heterocycles. The fourth-order valence-corrected chi connectivity index (χ4v) is 2.27. The van der Waals surface area contributed by atoms with E-state index in [-0.39, 0.29) is 0 Å². The van der Waals surface area contributed by atoms with E-state index in [1.54, 1.807) is 6.20 Å². The third kappa shape index (κ3) is 3.34. The van der Waals surface area contributed by atoms with Crippen molar-refractivity contribution in [2.45, 2.75) is 12.8 Å². The van der Waals surface area contributed by atoms with E-state index in [1.165, 1.54) is 6.42 Å². The van der Waals surface area contributed by atoms with Crippen LogP contribution in [0.4, 0.5) is 5.69 Å².